The van der Waals surface area contributed by atoms with Crippen molar-refractivity contribution in [3.8, 4) is 0 Å². The summed E-state index contributed by atoms with van der Waals surface area (Å²) < 4.78 is 9.62. The Hall–Kier alpha value is 0.350. The highest BCUT2D eigenvalue weighted by atomic mass is 31.0. The zero-order valence-corrected chi connectivity index (χ0v) is 5.67. The molecular formula is C4H11O2P. The normalized spacial score (nSPS) is 9.43. The average molecular weight is 122 g/mol. The van der Waals surface area contributed by atoms with Crippen molar-refractivity contribution in [2.75, 3.05) is 26.7 Å². The third-order valence-corrected chi connectivity index (χ3v) is 0.785. The minimum Gasteiger partial charge on any atom is -0.382 e. The Morgan fingerprint density at radius 2 is 2.14 bits per heavy atom. The van der Waals surface area contributed by atoms with Crippen LogP contribution in [0.2, 0.25) is 0 Å². The molecule has 0 saturated carbocycles. The van der Waals surface area contributed by atoms with Crippen molar-refractivity contribution in [2.24, 2.45) is 0 Å². The summed E-state index contributed by atoms with van der Waals surface area (Å²) in [6.45, 7) is 1.38. The highest BCUT2D eigenvalue weighted by Gasteiger charge is 1.78. The fourth-order valence-electron chi connectivity index (χ4n) is 0.226. The third kappa shape index (κ3) is 6.35. The van der Waals surface area contributed by atoms with Crippen molar-refractivity contribution in [3.05, 3.63) is 0 Å². The van der Waals surface area contributed by atoms with Gasteiger partial charge in [0, 0.05) is 7.11 Å². The first-order chi connectivity index (χ1) is 3.41. The second-order valence-corrected chi connectivity index (χ2v) is 1.40. The molecule has 0 saturated heterocycles. The molecule has 7 heavy (non-hydrogen) atoms. The van der Waals surface area contributed by atoms with Crippen LogP contribution in [0.5, 0.6) is 0 Å². The van der Waals surface area contributed by atoms with Crippen LogP contribution >= 0.6 is 9.24 Å². The molecule has 0 bridgehead atoms. The Morgan fingerprint density at radius 3 is 2.57 bits per heavy atom. The van der Waals surface area contributed by atoms with E-state index in [4.69, 9.17) is 9.47 Å². The number of hydrogen-bond acceptors (Lipinski definition) is 2. The first kappa shape index (κ1) is 7.35. The number of hydrogen-bond donors (Lipinski definition) is 0. The molecule has 0 aliphatic heterocycles. The maximum atomic E-state index is 4.91. The van der Waals surface area contributed by atoms with E-state index in [2.05, 4.69) is 9.24 Å². The van der Waals surface area contributed by atoms with Crippen molar-refractivity contribution >= 4 is 9.24 Å². The minimum absolute atomic E-state index is 0.689. The molecule has 0 radical (unpaired) electrons. The molecule has 0 N–H and O–H groups in total. The van der Waals surface area contributed by atoms with E-state index in [1.807, 2.05) is 0 Å². The molecule has 2 nitrogen and oxygen atoms in total. The Labute approximate surface area is 46.4 Å². The van der Waals surface area contributed by atoms with E-state index in [-0.39, 0.29) is 0 Å². The first-order valence-corrected chi connectivity index (χ1v) is 3.00. The molecule has 0 fully saturated rings. The largest absolute Gasteiger partial charge is 0.382 e. The molecule has 1 atom stereocenters. The summed E-state index contributed by atoms with van der Waals surface area (Å²) in [5, 5.41) is 0. The molecule has 0 spiro atoms. The lowest BCUT2D eigenvalue weighted by Gasteiger charge is -1.95. The second-order valence-electron chi connectivity index (χ2n) is 1.07. The smallest absolute Gasteiger partial charge is 0.0704 e. The summed E-state index contributed by atoms with van der Waals surface area (Å²) >= 11 is 0. The maximum absolute atomic E-state index is 4.91. The molecule has 0 amide bonds. The average Bonchev–Trinajstić information content (AvgIpc) is 1.69. The van der Waals surface area contributed by atoms with E-state index in [1.54, 1.807) is 7.11 Å². The Kier molecular flexibility index (Phi) is 6.67. The molecule has 0 aromatic rings. The van der Waals surface area contributed by atoms with Gasteiger partial charge >= 0.3 is 0 Å². The molecule has 0 aliphatic rings. The standard InChI is InChI=1S/C4H11O2P/c1-5-2-3-6-4-7/h2-4,7H2,1H3. The zero-order chi connectivity index (χ0) is 5.54. The molecule has 44 valence electrons. The van der Waals surface area contributed by atoms with Gasteiger partial charge in [-0.25, -0.2) is 0 Å². The van der Waals surface area contributed by atoms with Crippen molar-refractivity contribution in [3.63, 3.8) is 0 Å². The van der Waals surface area contributed by atoms with Crippen molar-refractivity contribution in [1.29, 1.82) is 0 Å². The molecular weight excluding hydrogens is 111 g/mol. The van der Waals surface area contributed by atoms with Crippen LogP contribution in [0.25, 0.3) is 0 Å². The lowest BCUT2D eigenvalue weighted by molar-refractivity contribution is 0.0951. The monoisotopic (exact) mass is 122 g/mol. The van der Waals surface area contributed by atoms with Crippen LogP contribution in [-0.2, 0) is 9.47 Å². The zero-order valence-electron chi connectivity index (χ0n) is 4.52. The summed E-state index contributed by atoms with van der Waals surface area (Å²) in [7, 11) is 4.13. The summed E-state index contributed by atoms with van der Waals surface area (Å²) in [5.41, 5.74) is 0. The molecule has 0 aromatic carbocycles. The minimum atomic E-state index is 0.689. The van der Waals surface area contributed by atoms with Gasteiger partial charge in [0.1, 0.15) is 0 Å². The Morgan fingerprint density at radius 1 is 1.43 bits per heavy atom. The summed E-state index contributed by atoms with van der Waals surface area (Å²) in [6.07, 6.45) is 0.698. The van der Waals surface area contributed by atoms with Gasteiger partial charge in [-0.3, -0.25) is 0 Å². The van der Waals surface area contributed by atoms with Gasteiger partial charge in [0.25, 0.3) is 0 Å². The fourth-order valence-corrected chi connectivity index (χ4v) is 0.392. The third-order valence-electron chi connectivity index (χ3n) is 0.550. The predicted octanol–water partition coefficient (Wildman–Crippen LogP) is 0.482. The second kappa shape index (κ2) is 6.35. The lowest BCUT2D eigenvalue weighted by atomic mass is 10.8. The van der Waals surface area contributed by atoms with Gasteiger partial charge in [0.2, 0.25) is 0 Å². The van der Waals surface area contributed by atoms with E-state index in [0.29, 0.717) is 19.6 Å². The molecule has 3 heteroatoms. The van der Waals surface area contributed by atoms with Gasteiger partial charge in [-0.2, -0.15) is 0 Å². The van der Waals surface area contributed by atoms with Crippen molar-refractivity contribution < 1.29 is 9.47 Å². The van der Waals surface area contributed by atoms with Crippen LogP contribution in [0.15, 0.2) is 0 Å². The molecule has 0 aromatic heterocycles. The van der Waals surface area contributed by atoms with Crippen LogP contribution in [0, 0.1) is 0 Å². The fraction of sp³-hybridized carbons (Fsp3) is 1.00. The SMILES string of the molecule is COCCOCP. The first-order valence-electron chi connectivity index (χ1n) is 2.18. The number of rotatable bonds is 4. The van der Waals surface area contributed by atoms with Gasteiger partial charge < -0.3 is 9.47 Å². The van der Waals surface area contributed by atoms with E-state index in [1.165, 1.54) is 0 Å². The van der Waals surface area contributed by atoms with Crippen LogP contribution in [0.3, 0.4) is 0 Å². The van der Waals surface area contributed by atoms with Gasteiger partial charge in [0.05, 0.1) is 19.6 Å². The van der Waals surface area contributed by atoms with Gasteiger partial charge in [-0.15, -0.1) is 9.24 Å². The van der Waals surface area contributed by atoms with Gasteiger partial charge in [0.15, 0.2) is 0 Å². The van der Waals surface area contributed by atoms with E-state index >= 15 is 0 Å². The van der Waals surface area contributed by atoms with Crippen LogP contribution < -0.4 is 0 Å². The van der Waals surface area contributed by atoms with E-state index in [9.17, 15) is 0 Å². The Bertz CT molecular complexity index is 28.9. The van der Waals surface area contributed by atoms with Crippen LogP contribution in [-0.4, -0.2) is 26.7 Å². The van der Waals surface area contributed by atoms with Crippen molar-refractivity contribution in [2.45, 2.75) is 0 Å². The number of ether oxygens (including phenoxy) is 2. The lowest BCUT2D eigenvalue weighted by Crippen LogP contribution is -1.98. The summed E-state index contributed by atoms with van der Waals surface area (Å²) in [6, 6.07) is 0. The summed E-state index contributed by atoms with van der Waals surface area (Å²) in [5.74, 6) is 0. The predicted molar refractivity (Wildman–Crippen MR) is 32.4 cm³/mol. The maximum Gasteiger partial charge on any atom is 0.0704 e. The molecule has 1 unspecified atom stereocenters. The van der Waals surface area contributed by atoms with Crippen LogP contribution in [0.4, 0.5) is 0 Å². The molecule has 0 heterocycles. The van der Waals surface area contributed by atoms with E-state index in [0.717, 1.165) is 0 Å². The van der Waals surface area contributed by atoms with Crippen molar-refractivity contribution in [1.82, 2.24) is 0 Å². The topological polar surface area (TPSA) is 18.5 Å². The highest BCUT2D eigenvalue weighted by Crippen LogP contribution is 1.81. The highest BCUT2D eigenvalue weighted by molar-refractivity contribution is 7.16. The van der Waals surface area contributed by atoms with Crippen LogP contribution in [0.1, 0.15) is 0 Å². The quantitative estimate of drug-likeness (QED) is 0.399. The van der Waals surface area contributed by atoms with E-state index < -0.39 is 0 Å². The Balaban J connectivity index is 2.45. The number of methoxy groups -OCH3 is 1. The van der Waals surface area contributed by atoms with Gasteiger partial charge in [-0.1, -0.05) is 0 Å². The summed E-state index contributed by atoms with van der Waals surface area (Å²) in [4.78, 5) is 0. The molecule has 0 rings (SSSR count). The van der Waals surface area contributed by atoms with Gasteiger partial charge in [-0.05, 0) is 0 Å². The molecule has 0 aliphatic carbocycles.